The molecule has 1 aromatic heterocycles. The molecule has 0 bridgehead atoms. The number of amides is 3. The molecule has 2 N–H and O–H groups in total. The summed E-state index contributed by atoms with van der Waals surface area (Å²) in [6.45, 7) is 6.97. The van der Waals surface area contributed by atoms with Gasteiger partial charge < -0.3 is 19.6 Å². The zero-order valence-electron chi connectivity index (χ0n) is 28.5. The summed E-state index contributed by atoms with van der Waals surface area (Å²) in [5.74, 6) is -1.42. The smallest absolute Gasteiger partial charge is 0.413 e. The highest BCUT2D eigenvalue weighted by Gasteiger charge is 2.54. The number of nitrogens with zero attached hydrogens (tertiary/aromatic N) is 3. The summed E-state index contributed by atoms with van der Waals surface area (Å²) in [6, 6.07) is 17.8. The second kappa shape index (κ2) is 15.5. The minimum absolute atomic E-state index is 0.0176. The normalized spacial score (nSPS) is 19.4. The van der Waals surface area contributed by atoms with Crippen LogP contribution in [0.3, 0.4) is 0 Å². The number of β-lactam (4-membered cyclic amide) rings is 1. The van der Waals surface area contributed by atoms with Crippen molar-refractivity contribution < 1.29 is 33.5 Å². The topological polar surface area (TPSA) is 149 Å². The molecular weight excluding hydrogens is 714 g/mol. The van der Waals surface area contributed by atoms with Crippen molar-refractivity contribution >= 4 is 69.4 Å². The van der Waals surface area contributed by atoms with Crippen molar-refractivity contribution in [1.29, 1.82) is 0 Å². The summed E-state index contributed by atoms with van der Waals surface area (Å²) in [5.41, 5.74) is 1.41. The monoisotopic (exact) mass is 751 g/mol. The van der Waals surface area contributed by atoms with Gasteiger partial charge in [0.1, 0.15) is 38.8 Å². The molecule has 3 aliphatic rings. The first-order valence-corrected chi connectivity index (χ1v) is 18.8. The molecule has 2 fully saturated rings. The van der Waals surface area contributed by atoms with Crippen LogP contribution in [0.5, 0.6) is 0 Å². The van der Waals surface area contributed by atoms with E-state index >= 15 is 0 Å². The number of thiazole rings is 1. The Balaban J connectivity index is 1.20. The van der Waals surface area contributed by atoms with Gasteiger partial charge in [-0.25, -0.2) is 14.6 Å². The van der Waals surface area contributed by atoms with Crippen LogP contribution in [0.15, 0.2) is 77.1 Å². The first-order valence-electron chi connectivity index (χ1n) is 16.6. The number of hydrogen-bond acceptors (Lipinski definition) is 11. The second-order valence-electron chi connectivity index (χ2n) is 13.3. The van der Waals surface area contributed by atoms with E-state index in [9.17, 15) is 19.2 Å². The van der Waals surface area contributed by atoms with Crippen LogP contribution in [0.2, 0.25) is 4.34 Å². The van der Waals surface area contributed by atoms with Crippen LogP contribution in [0, 0.1) is 0 Å². The highest BCUT2D eigenvalue weighted by atomic mass is 35.5. The first-order chi connectivity index (χ1) is 24.4. The van der Waals surface area contributed by atoms with Crippen LogP contribution < -0.4 is 10.6 Å². The Morgan fingerprint density at radius 3 is 2.25 bits per heavy atom. The van der Waals surface area contributed by atoms with Crippen molar-refractivity contribution in [3.8, 4) is 0 Å². The van der Waals surface area contributed by atoms with Gasteiger partial charge >= 0.3 is 12.1 Å². The first kappa shape index (κ1) is 36.4. The Bertz CT molecular complexity index is 1820. The van der Waals surface area contributed by atoms with E-state index in [1.54, 1.807) is 27.7 Å². The number of hydrogen-bond donors (Lipinski definition) is 2. The Morgan fingerprint density at radius 1 is 1.02 bits per heavy atom. The van der Waals surface area contributed by atoms with E-state index in [0.29, 0.717) is 11.3 Å². The van der Waals surface area contributed by atoms with E-state index in [2.05, 4.69) is 20.8 Å². The number of carbonyl (C=O) groups excluding carboxylic acids is 4. The van der Waals surface area contributed by atoms with Gasteiger partial charge in [-0.2, -0.15) is 0 Å². The molecule has 3 aromatic rings. The number of nitrogens with one attached hydrogen (secondary N) is 2. The maximum Gasteiger partial charge on any atom is 0.413 e. The molecule has 1 aliphatic carbocycles. The lowest BCUT2D eigenvalue weighted by atomic mass is 10.0. The number of halogens is 1. The van der Waals surface area contributed by atoms with Gasteiger partial charge in [-0.05, 0) is 70.1 Å². The average molecular weight is 752 g/mol. The summed E-state index contributed by atoms with van der Waals surface area (Å²) >= 11 is 8.87. The summed E-state index contributed by atoms with van der Waals surface area (Å²) in [6.07, 6.45) is 1.89. The lowest BCUT2D eigenvalue weighted by Crippen LogP contribution is -2.71. The molecule has 51 heavy (non-hydrogen) atoms. The van der Waals surface area contributed by atoms with E-state index < -0.39 is 47.0 Å². The molecule has 2 aliphatic heterocycles. The number of carbonyl (C=O) groups is 4. The quantitative estimate of drug-likeness (QED) is 0.0986. The van der Waals surface area contributed by atoms with Crippen LogP contribution in [0.4, 0.5) is 9.93 Å². The predicted octanol–water partition coefficient (Wildman–Crippen LogP) is 6.81. The highest BCUT2D eigenvalue weighted by molar-refractivity contribution is 8.00. The number of anilines is 1. The molecule has 6 rings (SSSR count). The van der Waals surface area contributed by atoms with Gasteiger partial charge in [-0.3, -0.25) is 19.8 Å². The van der Waals surface area contributed by atoms with E-state index in [1.807, 2.05) is 60.7 Å². The third-order valence-corrected chi connectivity index (χ3v) is 10.9. The lowest BCUT2D eigenvalue weighted by Gasteiger charge is -2.49. The standard InChI is InChI=1S/C36H38ClN5O7S2/c1-20-19-50-32-26(31(44)42(32)27(20)33(45)47-28(21-13-7-5-8-14-21)22-15-9-6-10-16-22)38-30(43)25(41-49-23-17-11-12-18-23)24-29(37)51-34(39-24)40-35(46)48-36(2,3)4/h5-10,13-16,23,26,28,32H,11-12,17-19H2,1-4H3,(H,38,43)(H,39,40,46)/b41-25+. The zero-order valence-corrected chi connectivity index (χ0v) is 30.9. The largest absolute Gasteiger partial charge is 0.448 e. The second-order valence-corrected chi connectivity index (χ2v) is 16.0. The number of benzene rings is 2. The predicted molar refractivity (Wildman–Crippen MR) is 195 cm³/mol. The van der Waals surface area contributed by atoms with Gasteiger partial charge in [0.05, 0.1) is 0 Å². The highest BCUT2D eigenvalue weighted by Crippen LogP contribution is 2.41. The third-order valence-electron chi connectivity index (χ3n) is 8.30. The van der Waals surface area contributed by atoms with E-state index in [1.165, 1.54) is 16.7 Å². The zero-order chi connectivity index (χ0) is 36.3. The number of ether oxygens (including phenoxy) is 2. The summed E-state index contributed by atoms with van der Waals surface area (Å²) < 4.78 is 11.5. The molecule has 0 radical (unpaired) electrons. The Morgan fingerprint density at radius 2 is 1.65 bits per heavy atom. The molecule has 0 spiro atoms. The molecule has 268 valence electrons. The van der Waals surface area contributed by atoms with Crippen molar-refractivity contribution in [1.82, 2.24) is 15.2 Å². The lowest BCUT2D eigenvalue weighted by molar-refractivity contribution is -0.154. The van der Waals surface area contributed by atoms with Crippen LogP contribution >= 0.6 is 34.7 Å². The fourth-order valence-corrected chi connectivity index (χ4v) is 8.25. The van der Waals surface area contributed by atoms with Gasteiger partial charge in [0.15, 0.2) is 16.9 Å². The Labute approximate surface area is 308 Å². The van der Waals surface area contributed by atoms with Crippen molar-refractivity contribution in [2.24, 2.45) is 5.16 Å². The van der Waals surface area contributed by atoms with Crippen molar-refractivity contribution in [2.45, 2.75) is 82.6 Å². The van der Waals surface area contributed by atoms with E-state index in [4.69, 9.17) is 25.9 Å². The SMILES string of the molecule is CC1=C(C(=O)OC(c2ccccc2)c2ccccc2)N2C(=O)C(NC(=O)/C(=N/OC3CCCC3)c3nc(NC(=O)OC(C)(C)C)sc3Cl)C2SC1. The molecule has 2 atom stereocenters. The van der Waals surface area contributed by atoms with E-state index in [0.717, 1.165) is 48.1 Å². The number of rotatable bonds is 10. The molecule has 2 aromatic carbocycles. The molecule has 3 amide bonds. The number of oxime groups is 1. The summed E-state index contributed by atoms with van der Waals surface area (Å²) in [7, 11) is 0. The van der Waals surface area contributed by atoms with Crippen LogP contribution in [0.25, 0.3) is 0 Å². The van der Waals surface area contributed by atoms with Gasteiger partial charge in [0, 0.05) is 5.75 Å². The molecule has 12 nitrogen and oxygen atoms in total. The number of esters is 1. The number of thioether (sulfide) groups is 1. The van der Waals surface area contributed by atoms with Gasteiger partial charge in [-0.15, -0.1) is 11.8 Å². The average Bonchev–Trinajstić information content (AvgIpc) is 3.75. The van der Waals surface area contributed by atoms with Crippen molar-refractivity contribution in [3.63, 3.8) is 0 Å². The Hall–Kier alpha value is -4.40. The van der Waals surface area contributed by atoms with Crippen LogP contribution in [0.1, 0.15) is 76.3 Å². The van der Waals surface area contributed by atoms with Gasteiger partial charge in [-0.1, -0.05) is 88.8 Å². The molecular formula is C36H38ClN5O7S2. The van der Waals surface area contributed by atoms with Crippen molar-refractivity contribution in [3.05, 3.63) is 93.1 Å². The number of aromatic nitrogens is 1. The minimum Gasteiger partial charge on any atom is -0.448 e. The maximum atomic E-state index is 13.9. The maximum absolute atomic E-state index is 13.9. The molecule has 1 saturated heterocycles. The van der Waals surface area contributed by atoms with Crippen LogP contribution in [-0.4, -0.2) is 68.3 Å². The molecule has 15 heteroatoms. The summed E-state index contributed by atoms with van der Waals surface area (Å²) in [4.78, 5) is 65.3. The van der Waals surface area contributed by atoms with Gasteiger partial charge in [0.25, 0.3) is 11.8 Å². The molecule has 2 unspecified atom stereocenters. The fraction of sp³-hybridized carbons (Fsp3) is 0.389. The number of fused-ring (bicyclic) bond motifs is 1. The third kappa shape index (κ3) is 8.40. The minimum atomic E-state index is -0.981. The van der Waals surface area contributed by atoms with Gasteiger partial charge in [0.2, 0.25) is 0 Å². The fourth-order valence-electron chi connectivity index (χ4n) is 5.92. The van der Waals surface area contributed by atoms with Crippen molar-refractivity contribution in [2.75, 3.05) is 11.1 Å². The van der Waals surface area contributed by atoms with Crippen LogP contribution in [-0.2, 0) is 28.7 Å². The van der Waals surface area contributed by atoms with E-state index in [-0.39, 0.29) is 32.7 Å². The summed E-state index contributed by atoms with van der Waals surface area (Å²) in [5, 5.41) is 9.00. The molecule has 3 heterocycles. The Kier molecular flexibility index (Phi) is 11.0. The molecule has 1 saturated carbocycles.